The Morgan fingerprint density at radius 3 is 2.32 bits per heavy atom. The second-order valence-corrected chi connectivity index (χ2v) is 6.19. The molecule has 0 aliphatic heterocycles. The average Bonchev–Trinajstić information content (AvgIpc) is 2.65. The highest BCUT2D eigenvalue weighted by atomic mass is 16.5. The molecule has 0 saturated carbocycles. The van der Waals surface area contributed by atoms with Crippen LogP contribution in [0.25, 0.3) is 0 Å². The predicted molar refractivity (Wildman–Crippen MR) is 106 cm³/mol. The van der Waals surface area contributed by atoms with Gasteiger partial charge in [0.2, 0.25) is 0 Å². The van der Waals surface area contributed by atoms with Gasteiger partial charge in [-0.3, -0.25) is 0 Å². The quantitative estimate of drug-likeness (QED) is 0.477. The smallest absolute Gasteiger partial charge is 0.142 e. The maximum atomic E-state index is 5.81. The first-order valence-electron chi connectivity index (χ1n) is 9.51. The first kappa shape index (κ1) is 19.2. The molecule has 1 N–H and O–H groups in total. The first-order chi connectivity index (χ1) is 12.3. The van der Waals surface area contributed by atoms with Crippen LogP contribution in [0.2, 0.25) is 0 Å². The number of unbranched alkanes of at least 4 members (excludes halogenated alkanes) is 4. The van der Waals surface area contributed by atoms with Gasteiger partial charge in [0.1, 0.15) is 11.5 Å². The van der Waals surface area contributed by atoms with Crippen molar-refractivity contribution < 1.29 is 9.47 Å². The van der Waals surface area contributed by atoms with Crippen LogP contribution >= 0.6 is 0 Å². The molecule has 3 heteroatoms. The van der Waals surface area contributed by atoms with Crippen LogP contribution in [-0.2, 0) is 6.54 Å². The lowest BCUT2D eigenvalue weighted by molar-refractivity contribution is 0.304. The number of hydrogen-bond donors (Lipinski definition) is 1. The summed E-state index contributed by atoms with van der Waals surface area (Å²) in [4.78, 5) is 0. The Balaban J connectivity index is 1.75. The Labute approximate surface area is 152 Å². The molecule has 0 aliphatic carbocycles. The van der Waals surface area contributed by atoms with Crippen LogP contribution in [0, 0.1) is 0 Å². The molecule has 0 unspecified atom stereocenters. The van der Waals surface area contributed by atoms with Crippen molar-refractivity contribution in [3.8, 4) is 11.5 Å². The van der Waals surface area contributed by atoms with Crippen LogP contribution in [0.4, 0.5) is 5.69 Å². The fraction of sp³-hybridized carbons (Fsp3) is 0.455. The summed E-state index contributed by atoms with van der Waals surface area (Å²) in [5, 5.41) is 3.44. The van der Waals surface area contributed by atoms with E-state index in [0.717, 1.165) is 36.8 Å². The van der Waals surface area contributed by atoms with E-state index in [4.69, 9.17) is 9.47 Å². The lowest BCUT2D eigenvalue weighted by Gasteiger charge is -2.12. The fourth-order valence-electron chi connectivity index (χ4n) is 2.69. The molecule has 0 amide bonds. The largest absolute Gasteiger partial charge is 0.494 e. The van der Waals surface area contributed by atoms with Crippen molar-refractivity contribution in [1.29, 1.82) is 0 Å². The molecule has 0 aromatic heterocycles. The molecule has 2 aromatic carbocycles. The topological polar surface area (TPSA) is 30.5 Å². The summed E-state index contributed by atoms with van der Waals surface area (Å²) in [6, 6.07) is 16.4. The van der Waals surface area contributed by atoms with Gasteiger partial charge < -0.3 is 14.8 Å². The van der Waals surface area contributed by atoms with Crippen LogP contribution in [0.3, 0.4) is 0 Å². The maximum absolute atomic E-state index is 5.81. The minimum atomic E-state index is 0.670. The Hall–Kier alpha value is -2.16. The van der Waals surface area contributed by atoms with E-state index in [1.54, 1.807) is 0 Å². The van der Waals surface area contributed by atoms with E-state index in [1.807, 2.05) is 31.2 Å². The standard InChI is InChI=1S/C22H31NO2/c1-3-5-6-7-10-17-25-20-15-13-19(14-16-20)18-23-21-11-8-9-12-22(21)24-4-2/h8-9,11-16,23H,3-7,10,17-18H2,1-2H3. The van der Waals surface area contributed by atoms with E-state index < -0.39 is 0 Å². The Bertz CT molecular complexity index is 595. The van der Waals surface area contributed by atoms with Gasteiger partial charge >= 0.3 is 0 Å². The third-order valence-corrected chi connectivity index (χ3v) is 4.11. The minimum absolute atomic E-state index is 0.670. The van der Waals surface area contributed by atoms with E-state index in [-0.39, 0.29) is 0 Å². The second-order valence-electron chi connectivity index (χ2n) is 6.19. The monoisotopic (exact) mass is 341 g/mol. The molecule has 0 atom stereocenters. The number of anilines is 1. The van der Waals surface area contributed by atoms with E-state index in [0.29, 0.717) is 6.61 Å². The van der Waals surface area contributed by atoms with Gasteiger partial charge in [-0.1, -0.05) is 56.9 Å². The van der Waals surface area contributed by atoms with Crippen molar-refractivity contribution in [2.45, 2.75) is 52.5 Å². The molecule has 0 saturated heterocycles. The zero-order valence-electron chi connectivity index (χ0n) is 15.6. The van der Waals surface area contributed by atoms with Crippen molar-refractivity contribution in [3.63, 3.8) is 0 Å². The molecule has 136 valence electrons. The van der Waals surface area contributed by atoms with Crippen LogP contribution < -0.4 is 14.8 Å². The maximum Gasteiger partial charge on any atom is 0.142 e. The highest BCUT2D eigenvalue weighted by Crippen LogP contribution is 2.24. The molecular formula is C22H31NO2. The van der Waals surface area contributed by atoms with E-state index >= 15 is 0 Å². The van der Waals surface area contributed by atoms with Gasteiger partial charge in [-0.2, -0.15) is 0 Å². The zero-order valence-corrected chi connectivity index (χ0v) is 15.6. The van der Waals surface area contributed by atoms with Gasteiger partial charge in [0, 0.05) is 6.54 Å². The highest BCUT2D eigenvalue weighted by molar-refractivity contribution is 5.56. The predicted octanol–water partition coefficient (Wildman–Crippen LogP) is 6.05. The molecule has 0 bridgehead atoms. The number of benzene rings is 2. The Morgan fingerprint density at radius 1 is 0.800 bits per heavy atom. The van der Waals surface area contributed by atoms with Crippen molar-refractivity contribution in [2.75, 3.05) is 18.5 Å². The molecular weight excluding hydrogens is 310 g/mol. The summed E-state index contributed by atoms with van der Waals surface area (Å²) in [5.74, 6) is 1.85. The van der Waals surface area contributed by atoms with E-state index in [2.05, 4.69) is 36.5 Å². The normalized spacial score (nSPS) is 10.5. The van der Waals surface area contributed by atoms with Crippen LogP contribution in [0.15, 0.2) is 48.5 Å². The summed E-state index contributed by atoms with van der Waals surface area (Å²) in [7, 11) is 0. The van der Waals surface area contributed by atoms with Crippen molar-refractivity contribution in [1.82, 2.24) is 0 Å². The van der Waals surface area contributed by atoms with Crippen LogP contribution in [0.1, 0.15) is 51.5 Å². The molecule has 2 aromatic rings. The molecule has 3 nitrogen and oxygen atoms in total. The molecule has 0 heterocycles. The lowest BCUT2D eigenvalue weighted by atomic mass is 10.2. The first-order valence-corrected chi connectivity index (χ1v) is 9.51. The second kappa shape index (κ2) is 11.4. The van der Waals surface area contributed by atoms with Gasteiger partial charge in [-0.25, -0.2) is 0 Å². The third kappa shape index (κ3) is 7.08. The Kier molecular flexibility index (Phi) is 8.74. The molecule has 0 radical (unpaired) electrons. The third-order valence-electron chi connectivity index (χ3n) is 4.11. The SMILES string of the molecule is CCCCCCCOc1ccc(CNc2ccccc2OCC)cc1. The van der Waals surface area contributed by atoms with E-state index in [9.17, 15) is 0 Å². The number of ether oxygens (including phenoxy) is 2. The summed E-state index contributed by atoms with van der Waals surface area (Å²) in [6.45, 7) is 6.48. The van der Waals surface area contributed by atoms with Gasteiger partial charge in [0.15, 0.2) is 0 Å². The lowest BCUT2D eigenvalue weighted by Crippen LogP contribution is -2.03. The van der Waals surface area contributed by atoms with Crippen molar-refractivity contribution >= 4 is 5.69 Å². The van der Waals surface area contributed by atoms with Crippen molar-refractivity contribution in [3.05, 3.63) is 54.1 Å². The van der Waals surface area contributed by atoms with Gasteiger partial charge in [0.05, 0.1) is 18.9 Å². The summed E-state index contributed by atoms with van der Waals surface area (Å²) >= 11 is 0. The minimum Gasteiger partial charge on any atom is -0.494 e. The summed E-state index contributed by atoms with van der Waals surface area (Å²) in [5.41, 5.74) is 2.25. The number of rotatable bonds is 12. The zero-order chi connectivity index (χ0) is 17.7. The molecule has 2 rings (SSSR count). The molecule has 0 spiro atoms. The van der Waals surface area contributed by atoms with Gasteiger partial charge in [0.25, 0.3) is 0 Å². The number of nitrogens with one attached hydrogen (secondary N) is 1. The fourth-order valence-corrected chi connectivity index (χ4v) is 2.69. The number of hydrogen-bond acceptors (Lipinski definition) is 3. The highest BCUT2D eigenvalue weighted by Gasteiger charge is 2.02. The van der Waals surface area contributed by atoms with Crippen LogP contribution in [0.5, 0.6) is 11.5 Å². The Morgan fingerprint density at radius 2 is 1.56 bits per heavy atom. The van der Waals surface area contributed by atoms with Crippen LogP contribution in [-0.4, -0.2) is 13.2 Å². The summed E-state index contributed by atoms with van der Waals surface area (Å²) < 4.78 is 11.5. The number of para-hydroxylation sites is 2. The average molecular weight is 341 g/mol. The van der Waals surface area contributed by atoms with Crippen molar-refractivity contribution in [2.24, 2.45) is 0 Å². The van der Waals surface area contributed by atoms with Gasteiger partial charge in [-0.15, -0.1) is 0 Å². The molecule has 0 aliphatic rings. The van der Waals surface area contributed by atoms with E-state index in [1.165, 1.54) is 31.2 Å². The molecule has 25 heavy (non-hydrogen) atoms. The molecule has 0 fully saturated rings. The van der Waals surface area contributed by atoms with Gasteiger partial charge in [-0.05, 0) is 43.2 Å². The summed E-state index contributed by atoms with van der Waals surface area (Å²) in [6.07, 6.45) is 6.32.